The highest BCUT2D eigenvalue weighted by Gasteiger charge is 2.71. The summed E-state index contributed by atoms with van der Waals surface area (Å²) in [6.07, 6.45) is 7.87. The molecule has 0 bridgehead atoms. The lowest BCUT2D eigenvalue weighted by atomic mass is 9.78. The summed E-state index contributed by atoms with van der Waals surface area (Å²) in [6.45, 7) is 2.32. The van der Waals surface area contributed by atoms with Crippen LogP contribution in [0.4, 0.5) is 5.69 Å². The number of fused-ring (bicyclic) bond motifs is 2. The molecule has 4 heterocycles. The monoisotopic (exact) mass is 487 g/mol. The lowest BCUT2D eigenvalue weighted by Crippen LogP contribution is -2.56. The van der Waals surface area contributed by atoms with E-state index in [2.05, 4.69) is 0 Å². The number of carbonyl (C=O) groups is 3. The number of carbonyl (C=O) groups excluding carboxylic acids is 3. The van der Waals surface area contributed by atoms with Crippen molar-refractivity contribution in [3.8, 4) is 0 Å². The van der Waals surface area contributed by atoms with Gasteiger partial charge in [-0.15, -0.1) is 11.8 Å². The van der Waals surface area contributed by atoms with Crippen molar-refractivity contribution in [2.24, 2.45) is 11.8 Å². The molecule has 1 spiro atoms. The molecule has 2 saturated heterocycles. The van der Waals surface area contributed by atoms with Crippen LogP contribution in [0, 0.1) is 11.8 Å². The Morgan fingerprint density at radius 2 is 1.85 bits per heavy atom. The molecule has 7 nitrogen and oxygen atoms in total. The zero-order chi connectivity index (χ0) is 23.5. The number of anilines is 1. The van der Waals surface area contributed by atoms with E-state index >= 15 is 0 Å². The van der Waals surface area contributed by atoms with Crippen LogP contribution in [0.1, 0.15) is 6.92 Å². The molecule has 0 aliphatic carbocycles. The third kappa shape index (κ3) is 3.26. The van der Waals surface area contributed by atoms with Crippen molar-refractivity contribution in [2.45, 2.75) is 29.0 Å². The van der Waals surface area contributed by atoms with Crippen LogP contribution in [0.25, 0.3) is 0 Å². The van der Waals surface area contributed by atoms with E-state index in [0.717, 1.165) is 0 Å². The lowest BCUT2D eigenvalue weighted by Gasteiger charge is -2.37. The van der Waals surface area contributed by atoms with Crippen LogP contribution >= 0.6 is 23.4 Å². The molecule has 2 fully saturated rings. The number of amides is 3. The van der Waals surface area contributed by atoms with Crippen LogP contribution in [0.3, 0.4) is 0 Å². The standard InChI is InChI=1S/C24H26ClN3O4S/c1-14(13-29)28-20-23(32)27(16-8-6-15(25)7-9-16)12-4-10-24(20)19(22(28)31)18-17(33-24)5-3-11-26(2)21(18)30/h3-10,14,17-20,29H,11-13H2,1-2H3/t14-,17-,18+,19+,20?,24+/m1/s1. The van der Waals surface area contributed by atoms with E-state index in [0.29, 0.717) is 23.8 Å². The zero-order valence-electron chi connectivity index (χ0n) is 18.4. The fraction of sp³-hybridized carbons (Fsp3) is 0.458. The van der Waals surface area contributed by atoms with Crippen LogP contribution < -0.4 is 4.90 Å². The number of hydrogen-bond donors (Lipinski definition) is 1. The number of likely N-dealkylation sites (tertiary alicyclic amines) is 1. The van der Waals surface area contributed by atoms with Crippen molar-refractivity contribution in [3.63, 3.8) is 0 Å². The van der Waals surface area contributed by atoms with Crippen molar-refractivity contribution in [3.05, 3.63) is 53.6 Å². The molecule has 1 unspecified atom stereocenters. The highest BCUT2D eigenvalue weighted by Crippen LogP contribution is 2.61. The molecule has 9 heteroatoms. The molecule has 3 amide bonds. The maximum absolute atomic E-state index is 14.1. The Morgan fingerprint density at radius 1 is 1.12 bits per heavy atom. The van der Waals surface area contributed by atoms with E-state index < -0.39 is 28.7 Å². The third-order valence-corrected chi connectivity index (χ3v) is 9.17. The van der Waals surface area contributed by atoms with Gasteiger partial charge in [0.15, 0.2) is 0 Å². The van der Waals surface area contributed by atoms with E-state index in [1.165, 1.54) is 16.7 Å². The topological polar surface area (TPSA) is 81.2 Å². The first-order chi connectivity index (χ1) is 15.8. The van der Waals surface area contributed by atoms with Gasteiger partial charge in [-0.05, 0) is 31.2 Å². The second-order valence-corrected chi connectivity index (χ2v) is 11.0. The number of aliphatic hydroxyl groups is 1. The Morgan fingerprint density at radius 3 is 2.55 bits per heavy atom. The van der Waals surface area contributed by atoms with Crippen molar-refractivity contribution in [1.82, 2.24) is 9.80 Å². The molecule has 0 aromatic heterocycles. The van der Waals surface area contributed by atoms with Crippen LogP contribution in [-0.2, 0) is 14.4 Å². The van der Waals surface area contributed by atoms with Gasteiger partial charge in [-0.3, -0.25) is 14.4 Å². The van der Waals surface area contributed by atoms with Crippen molar-refractivity contribution >= 4 is 46.8 Å². The van der Waals surface area contributed by atoms with E-state index in [-0.39, 0.29) is 29.6 Å². The lowest BCUT2D eigenvalue weighted by molar-refractivity contribution is -0.143. The summed E-state index contributed by atoms with van der Waals surface area (Å²) in [6, 6.07) is 5.65. The molecule has 174 valence electrons. The zero-order valence-corrected chi connectivity index (χ0v) is 20.0. The Kier molecular flexibility index (Phi) is 5.58. The molecule has 6 atom stereocenters. The minimum Gasteiger partial charge on any atom is -0.394 e. The Balaban J connectivity index is 1.64. The fourth-order valence-corrected chi connectivity index (χ4v) is 7.74. The summed E-state index contributed by atoms with van der Waals surface area (Å²) >= 11 is 7.58. The summed E-state index contributed by atoms with van der Waals surface area (Å²) in [5.41, 5.74) is 0.687. The number of benzene rings is 1. The number of likely N-dealkylation sites (N-methyl/N-ethyl adjacent to an activating group) is 1. The number of nitrogens with zero attached hydrogens (tertiary/aromatic N) is 3. The van der Waals surface area contributed by atoms with Gasteiger partial charge in [-0.2, -0.15) is 0 Å². The largest absolute Gasteiger partial charge is 0.394 e. The van der Waals surface area contributed by atoms with Gasteiger partial charge >= 0.3 is 0 Å². The summed E-state index contributed by atoms with van der Waals surface area (Å²) in [5.74, 6) is -1.76. The van der Waals surface area contributed by atoms with Gasteiger partial charge in [0.1, 0.15) is 6.04 Å². The number of halogens is 1. The average Bonchev–Trinajstić information content (AvgIpc) is 3.14. The molecule has 1 N–H and O–H groups in total. The first-order valence-electron chi connectivity index (χ1n) is 11.1. The first kappa shape index (κ1) is 22.5. The second kappa shape index (κ2) is 8.18. The van der Waals surface area contributed by atoms with Gasteiger partial charge in [0.25, 0.3) is 5.91 Å². The molecule has 0 radical (unpaired) electrons. The van der Waals surface area contributed by atoms with Gasteiger partial charge in [-0.1, -0.05) is 35.9 Å². The molecule has 0 saturated carbocycles. The van der Waals surface area contributed by atoms with Crippen LogP contribution in [0.15, 0.2) is 48.6 Å². The maximum atomic E-state index is 14.1. The van der Waals surface area contributed by atoms with E-state index in [9.17, 15) is 19.5 Å². The second-order valence-electron chi connectivity index (χ2n) is 9.09. The van der Waals surface area contributed by atoms with Crippen LogP contribution in [0.5, 0.6) is 0 Å². The molecule has 4 aliphatic heterocycles. The minimum absolute atomic E-state index is 0.0790. The van der Waals surface area contributed by atoms with E-state index in [1.54, 1.807) is 48.0 Å². The van der Waals surface area contributed by atoms with Gasteiger partial charge in [0.2, 0.25) is 11.8 Å². The predicted octanol–water partition coefficient (Wildman–Crippen LogP) is 1.95. The van der Waals surface area contributed by atoms with Crippen molar-refractivity contribution in [1.29, 1.82) is 0 Å². The van der Waals surface area contributed by atoms with Crippen LogP contribution in [0.2, 0.25) is 5.02 Å². The van der Waals surface area contributed by atoms with Crippen LogP contribution in [-0.4, -0.2) is 81.5 Å². The summed E-state index contributed by atoms with van der Waals surface area (Å²) in [5, 5.41) is 10.3. The van der Waals surface area contributed by atoms with Gasteiger partial charge in [0, 0.05) is 36.1 Å². The molecular weight excluding hydrogens is 462 g/mol. The van der Waals surface area contributed by atoms with E-state index in [4.69, 9.17) is 11.6 Å². The summed E-state index contributed by atoms with van der Waals surface area (Å²) < 4.78 is -0.883. The normalized spacial score (nSPS) is 34.2. The molecule has 1 aromatic rings. The molecule has 1 aromatic carbocycles. The fourth-order valence-electron chi connectivity index (χ4n) is 5.62. The summed E-state index contributed by atoms with van der Waals surface area (Å²) in [4.78, 5) is 46.1. The highest BCUT2D eigenvalue weighted by atomic mass is 35.5. The maximum Gasteiger partial charge on any atom is 0.251 e. The number of hydrogen-bond acceptors (Lipinski definition) is 5. The predicted molar refractivity (Wildman–Crippen MR) is 128 cm³/mol. The smallest absolute Gasteiger partial charge is 0.251 e. The quantitative estimate of drug-likeness (QED) is 0.659. The molecule has 33 heavy (non-hydrogen) atoms. The van der Waals surface area contributed by atoms with Gasteiger partial charge in [-0.25, -0.2) is 0 Å². The average molecular weight is 488 g/mol. The Bertz CT molecular complexity index is 1060. The first-order valence-corrected chi connectivity index (χ1v) is 12.3. The number of rotatable bonds is 3. The van der Waals surface area contributed by atoms with Crippen molar-refractivity contribution < 1.29 is 19.5 Å². The number of thioether (sulfide) groups is 1. The molecule has 4 aliphatic rings. The number of aliphatic hydroxyl groups excluding tert-OH is 1. The highest BCUT2D eigenvalue weighted by molar-refractivity contribution is 8.02. The third-order valence-electron chi connectivity index (χ3n) is 7.18. The Hall–Kier alpha value is -2.29. The minimum atomic E-state index is -0.883. The van der Waals surface area contributed by atoms with Gasteiger partial charge in [0.05, 0.1) is 29.2 Å². The van der Waals surface area contributed by atoms with E-state index in [1.807, 2.05) is 24.3 Å². The Labute approximate surface area is 202 Å². The van der Waals surface area contributed by atoms with Gasteiger partial charge < -0.3 is 19.8 Å². The molecule has 5 rings (SSSR count). The molecular formula is C24H26ClN3O4S. The summed E-state index contributed by atoms with van der Waals surface area (Å²) in [7, 11) is 1.74. The van der Waals surface area contributed by atoms with Crippen molar-refractivity contribution in [2.75, 3.05) is 31.6 Å². The SMILES string of the molecule is C[C@H](CO)N1C(=O)[C@@H]2[C@H]3C(=O)N(C)CC=C[C@H]3S[C@@]23C=CCN(c2ccc(Cl)cc2)C(=O)C13.